The van der Waals surface area contributed by atoms with Gasteiger partial charge in [0.1, 0.15) is 22.8 Å². The fraction of sp³-hybridized carbons (Fsp3) is 0.611. The number of esters is 1. The average Bonchev–Trinajstić information content (AvgIpc) is 3.06. The van der Waals surface area contributed by atoms with E-state index >= 15 is 0 Å². The normalized spacial score (nSPS) is 16.7. The molecule has 2 aromatic heterocycles. The van der Waals surface area contributed by atoms with Crippen molar-refractivity contribution in [1.82, 2.24) is 19.8 Å². The molecule has 296 valence electrons. The highest BCUT2D eigenvalue weighted by Crippen LogP contribution is 2.41. The van der Waals surface area contributed by atoms with E-state index in [0.29, 0.717) is 76.5 Å². The quantitative estimate of drug-likeness (QED) is 0.173. The van der Waals surface area contributed by atoms with Crippen LogP contribution in [0.5, 0.6) is 0 Å². The first-order chi connectivity index (χ1) is 24.3. The Morgan fingerprint density at radius 3 is 1.91 bits per heavy atom. The van der Waals surface area contributed by atoms with Crippen LogP contribution >= 0.6 is 64.8 Å². The van der Waals surface area contributed by atoms with Gasteiger partial charge in [-0.25, -0.2) is 19.6 Å². The minimum absolute atomic E-state index is 0. The molecule has 5 rings (SSSR count). The van der Waals surface area contributed by atoms with Gasteiger partial charge in [0.15, 0.2) is 0 Å². The number of anilines is 2. The predicted octanol–water partition coefficient (Wildman–Crippen LogP) is 8.45. The van der Waals surface area contributed by atoms with E-state index in [4.69, 9.17) is 19.9 Å². The van der Waals surface area contributed by atoms with Crippen LogP contribution in [0.3, 0.4) is 0 Å². The van der Waals surface area contributed by atoms with Gasteiger partial charge in [-0.2, -0.15) is 0 Å². The molecule has 3 aliphatic heterocycles. The van der Waals surface area contributed by atoms with Crippen molar-refractivity contribution in [2.45, 2.75) is 97.1 Å². The summed E-state index contributed by atoms with van der Waals surface area (Å²) in [5.74, 6) is 1.00. The second-order valence-electron chi connectivity index (χ2n) is 14.9. The lowest BCUT2D eigenvalue weighted by atomic mass is 9.71. The van der Waals surface area contributed by atoms with Crippen LogP contribution in [0.1, 0.15) is 85.3 Å². The molecule has 0 bridgehead atoms. The summed E-state index contributed by atoms with van der Waals surface area (Å²) in [5, 5.41) is 3.67. The van der Waals surface area contributed by atoms with E-state index in [1.54, 1.807) is 29.1 Å². The Labute approximate surface area is 348 Å². The van der Waals surface area contributed by atoms with E-state index in [1.165, 1.54) is 0 Å². The molecule has 2 fully saturated rings. The number of carbonyl (C=O) groups is 4. The Morgan fingerprint density at radius 1 is 0.906 bits per heavy atom. The van der Waals surface area contributed by atoms with Crippen LogP contribution in [0.25, 0.3) is 0 Å². The summed E-state index contributed by atoms with van der Waals surface area (Å²) >= 11 is 10.0. The van der Waals surface area contributed by atoms with Gasteiger partial charge >= 0.3 is 18.2 Å². The van der Waals surface area contributed by atoms with Crippen molar-refractivity contribution in [1.29, 1.82) is 0 Å². The molecule has 17 heteroatoms. The SMILES string of the molecule is Br.CC(C)(C)OC(=O)N1CCC2(CC1)Cc1cc(Br)cnc1NC2=O.CCOC(=O)C1CCN(C(=O)OC(C)(C)C)CC1.Nc1ncc(Br)cc1CBr. The van der Waals surface area contributed by atoms with Gasteiger partial charge in [0.05, 0.1) is 17.9 Å². The summed E-state index contributed by atoms with van der Waals surface area (Å²) in [6, 6.07) is 3.95. The molecule has 0 aliphatic carbocycles. The predicted molar refractivity (Wildman–Crippen MR) is 220 cm³/mol. The second-order valence-corrected chi connectivity index (χ2v) is 17.3. The molecule has 2 saturated heterocycles. The molecule has 53 heavy (non-hydrogen) atoms. The Morgan fingerprint density at radius 2 is 1.42 bits per heavy atom. The number of nitrogens with zero attached hydrogens (tertiary/aromatic N) is 4. The molecule has 0 atom stereocenters. The molecule has 1 spiro atoms. The average molecular weight is 1000 g/mol. The summed E-state index contributed by atoms with van der Waals surface area (Å²) in [5.41, 5.74) is 6.13. The van der Waals surface area contributed by atoms with Crippen molar-refractivity contribution < 1.29 is 33.4 Å². The number of nitrogens with one attached hydrogen (secondary N) is 1. The van der Waals surface area contributed by atoms with E-state index in [9.17, 15) is 19.2 Å². The van der Waals surface area contributed by atoms with E-state index in [0.717, 1.165) is 25.4 Å². The fourth-order valence-electron chi connectivity index (χ4n) is 5.74. The molecule has 0 aromatic carbocycles. The van der Waals surface area contributed by atoms with Crippen LogP contribution in [0.2, 0.25) is 0 Å². The summed E-state index contributed by atoms with van der Waals surface area (Å²) < 4.78 is 17.6. The monoisotopic (exact) mass is 996 g/mol. The number of pyridine rings is 2. The van der Waals surface area contributed by atoms with Gasteiger partial charge in [-0.05, 0) is 130 Å². The minimum Gasteiger partial charge on any atom is -0.466 e. The summed E-state index contributed by atoms with van der Waals surface area (Å²) in [6.45, 7) is 15.5. The molecule has 5 heterocycles. The Balaban J connectivity index is 0.000000296. The molecule has 3 aliphatic rings. The number of hydrogen-bond acceptors (Lipinski definition) is 10. The molecular formula is C36H52Br4N6O7. The number of carbonyl (C=O) groups excluding carboxylic acids is 4. The smallest absolute Gasteiger partial charge is 0.410 e. The van der Waals surface area contributed by atoms with Crippen molar-refractivity contribution >= 4 is 100 Å². The van der Waals surface area contributed by atoms with Crippen molar-refractivity contribution in [3.8, 4) is 0 Å². The molecule has 3 N–H and O–H groups in total. The topological polar surface area (TPSA) is 166 Å². The zero-order valence-corrected chi connectivity index (χ0v) is 37.9. The van der Waals surface area contributed by atoms with Crippen LogP contribution in [0.15, 0.2) is 33.5 Å². The standard InChI is InChI=1S/C17H22BrN3O3.C13H23NO4.C6H6Br2N2.BrH/c1-16(2,3)24-15(23)21-6-4-17(5-7-21)9-11-8-12(18)10-19-13(11)20-14(17)22;1-5-17-11(15)10-6-8-14(9-7-10)12(16)18-13(2,3)4;7-2-4-1-5(8)3-10-6(4)9;/h8,10H,4-7,9H2,1-3H3,(H,19,20,22);10H,5-9H2,1-4H3;1,3H,2H2,(H2,9,10);1H. The minimum atomic E-state index is -0.509. The number of piperidine rings is 2. The number of aromatic nitrogens is 2. The third kappa shape index (κ3) is 14.6. The van der Waals surface area contributed by atoms with Crippen molar-refractivity contribution in [3.05, 3.63) is 44.6 Å². The van der Waals surface area contributed by atoms with E-state index in [1.807, 2.05) is 53.7 Å². The van der Waals surface area contributed by atoms with Gasteiger partial charge in [-0.3, -0.25) is 9.59 Å². The van der Waals surface area contributed by atoms with Gasteiger partial charge in [-0.15, -0.1) is 17.0 Å². The summed E-state index contributed by atoms with van der Waals surface area (Å²) in [4.78, 5) is 59.7. The van der Waals surface area contributed by atoms with E-state index in [2.05, 4.69) is 63.1 Å². The summed E-state index contributed by atoms with van der Waals surface area (Å²) in [6.07, 6.45) is 5.97. The zero-order chi connectivity index (χ0) is 38.9. The van der Waals surface area contributed by atoms with Crippen LogP contribution in [-0.2, 0) is 35.6 Å². The molecule has 0 saturated carbocycles. The number of nitrogens with two attached hydrogens (primary N) is 1. The highest BCUT2D eigenvalue weighted by Gasteiger charge is 2.46. The van der Waals surface area contributed by atoms with Crippen molar-refractivity contribution in [2.75, 3.05) is 43.8 Å². The fourth-order valence-corrected chi connectivity index (χ4v) is 6.95. The third-order valence-electron chi connectivity index (χ3n) is 8.43. The maximum atomic E-state index is 12.6. The molecule has 2 aromatic rings. The van der Waals surface area contributed by atoms with Gasteiger partial charge in [0.25, 0.3) is 0 Å². The number of rotatable bonds is 3. The van der Waals surface area contributed by atoms with Gasteiger partial charge in [0.2, 0.25) is 5.91 Å². The number of fused-ring (bicyclic) bond motifs is 1. The van der Waals surface area contributed by atoms with Crippen LogP contribution in [0, 0.1) is 11.3 Å². The second kappa shape index (κ2) is 20.4. The van der Waals surface area contributed by atoms with E-state index in [-0.39, 0.29) is 47.0 Å². The molecule has 3 amide bonds. The number of halogens is 4. The number of amides is 3. The highest BCUT2D eigenvalue weighted by atomic mass is 79.9. The number of nitrogen functional groups attached to an aromatic ring is 1. The molecule has 0 unspecified atom stereocenters. The van der Waals surface area contributed by atoms with Crippen molar-refractivity contribution in [2.24, 2.45) is 11.3 Å². The van der Waals surface area contributed by atoms with Crippen LogP contribution < -0.4 is 11.1 Å². The number of hydrogen-bond donors (Lipinski definition) is 2. The lowest BCUT2D eigenvalue weighted by Crippen LogP contribution is -2.51. The number of alkyl halides is 1. The first kappa shape index (κ1) is 46.7. The van der Waals surface area contributed by atoms with Crippen molar-refractivity contribution in [3.63, 3.8) is 0 Å². The summed E-state index contributed by atoms with van der Waals surface area (Å²) in [7, 11) is 0. The van der Waals surface area contributed by atoms with Crippen LogP contribution in [0.4, 0.5) is 21.2 Å². The molecule has 0 radical (unpaired) electrons. The third-order valence-corrected chi connectivity index (χ3v) is 9.90. The molecule has 13 nitrogen and oxygen atoms in total. The highest BCUT2D eigenvalue weighted by molar-refractivity contribution is 9.10. The Bertz CT molecular complexity index is 1570. The zero-order valence-electron chi connectivity index (χ0n) is 31.4. The maximum absolute atomic E-state index is 12.6. The number of ether oxygens (including phenoxy) is 3. The Kier molecular flexibility index (Phi) is 18.0. The van der Waals surface area contributed by atoms with Gasteiger partial charge < -0.3 is 35.1 Å². The van der Waals surface area contributed by atoms with Crippen LogP contribution in [-0.4, -0.2) is 87.8 Å². The molecular weight excluding hydrogens is 948 g/mol. The van der Waals surface area contributed by atoms with Gasteiger partial charge in [0, 0.05) is 58.4 Å². The first-order valence-electron chi connectivity index (χ1n) is 17.3. The van der Waals surface area contributed by atoms with E-state index < -0.39 is 16.6 Å². The largest absolute Gasteiger partial charge is 0.466 e. The Hall–Kier alpha value is -2.50. The lowest BCUT2D eigenvalue weighted by molar-refractivity contribution is -0.149. The first-order valence-corrected chi connectivity index (χ1v) is 20.0. The number of likely N-dealkylation sites (tertiary alicyclic amines) is 2. The maximum Gasteiger partial charge on any atom is 0.410 e. The van der Waals surface area contributed by atoms with Gasteiger partial charge in [-0.1, -0.05) is 15.9 Å². The lowest BCUT2D eigenvalue weighted by Gasteiger charge is -2.43.